The van der Waals surface area contributed by atoms with Crippen molar-refractivity contribution in [2.24, 2.45) is 5.92 Å². The quantitative estimate of drug-likeness (QED) is 0.112. The van der Waals surface area contributed by atoms with Gasteiger partial charge in [-0.3, -0.25) is 0 Å². The van der Waals surface area contributed by atoms with Crippen molar-refractivity contribution < 1.29 is 14.6 Å². The van der Waals surface area contributed by atoms with E-state index in [4.69, 9.17) is 4.74 Å². The maximum absolute atomic E-state index is 11.8. The standard InChI is InChI=1S/C39H57NO3/c1-4-5-6-7-8-9-10-11-15-18-27-43-35-24-21-33(22-25-35)28-34-30-38(39(41)42)40-37-26-23-32(29-36(34)37)20-17-14-12-13-16-19-31(2)3/h21-26,29-31H,4-20,27-28H2,1-3H3,(H,41,42). The molecule has 1 heterocycles. The number of fused-ring (bicyclic) bond motifs is 1. The maximum atomic E-state index is 11.8. The first-order valence-corrected chi connectivity index (χ1v) is 17.3. The second kappa shape index (κ2) is 20.1. The van der Waals surface area contributed by atoms with Crippen molar-refractivity contribution in [3.8, 4) is 5.75 Å². The van der Waals surface area contributed by atoms with Gasteiger partial charge >= 0.3 is 5.97 Å². The number of carboxylic acid groups (broad SMARTS) is 1. The molecule has 236 valence electrons. The first kappa shape index (κ1) is 34.6. The highest BCUT2D eigenvalue weighted by Gasteiger charge is 2.12. The minimum atomic E-state index is -0.986. The summed E-state index contributed by atoms with van der Waals surface area (Å²) >= 11 is 0. The lowest BCUT2D eigenvalue weighted by atomic mass is 9.97. The van der Waals surface area contributed by atoms with E-state index in [1.165, 1.54) is 102 Å². The Morgan fingerprint density at radius 1 is 0.744 bits per heavy atom. The van der Waals surface area contributed by atoms with Gasteiger partial charge in [0, 0.05) is 5.39 Å². The summed E-state index contributed by atoms with van der Waals surface area (Å²) in [6.45, 7) is 7.62. The highest BCUT2D eigenvalue weighted by atomic mass is 16.5. The molecule has 2 aromatic carbocycles. The van der Waals surface area contributed by atoms with Crippen LogP contribution in [0.5, 0.6) is 5.75 Å². The molecule has 0 fully saturated rings. The maximum Gasteiger partial charge on any atom is 0.354 e. The van der Waals surface area contributed by atoms with Crippen molar-refractivity contribution in [3.05, 3.63) is 70.9 Å². The lowest BCUT2D eigenvalue weighted by Gasteiger charge is -2.11. The van der Waals surface area contributed by atoms with Crippen LogP contribution in [0.2, 0.25) is 0 Å². The Labute approximate surface area is 261 Å². The zero-order valence-corrected chi connectivity index (χ0v) is 27.3. The second-order valence-electron chi connectivity index (χ2n) is 12.9. The van der Waals surface area contributed by atoms with Gasteiger partial charge in [-0.15, -0.1) is 0 Å². The van der Waals surface area contributed by atoms with Crippen LogP contribution in [0.15, 0.2) is 48.5 Å². The molecule has 0 unspecified atom stereocenters. The number of rotatable bonds is 23. The van der Waals surface area contributed by atoms with Gasteiger partial charge in [0.25, 0.3) is 0 Å². The number of nitrogens with zero attached hydrogens (tertiary/aromatic N) is 1. The minimum Gasteiger partial charge on any atom is -0.494 e. The Bertz CT molecular complexity index is 1200. The lowest BCUT2D eigenvalue weighted by molar-refractivity contribution is 0.0691. The van der Waals surface area contributed by atoms with Crippen LogP contribution in [0.3, 0.4) is 0 Å². The number of benzene rings is 2. The van der Waals surface area contributed by atoms with Crippen molar-refractivity contribution in [3.63, 3.8) is 0 Å². The number of hydrogen-bond donors (Lipinski definition) is 1. The van der Waals surface area contributed by atoms with Crippen LogP contribution in [-0.4, -0.2) is 22.7 Å². The average molecular weight is 588 g/mol. The van der Waals surface area contributed by atoms with E-state index in [9.17, 15) is 9.90 Å². The zero-order valence-electron chi connectivity index (χ0n) is 27.3. The van der Waals surface area contributed by atoms with Gasteiger partial charge in [0.2, 0.25) is 0 Å². The van der Waals surface area contributed by atoms with Crippen LogP contribution >= 0.6 is 0 Å². The number of aryl methyl sites for hydroxylation is 1. The fraction of sp³-hybridized carbons (Fsp3) is 0.590. The topological polar surface area (TPSA) is 59.4 Å². The van der Waals surface area contributed by atoms with E-state index < -0.39 is 5.97 Å². The molecule has 1 N–H and O–H groups in total. The molecule has 0 saturated heterocycles. The number of pyridine rings is 1. The van der Waals surface area contributed by atoms with Crippen molar-refractivity contribution >= 4 is 16.9 Å². The van der Waals surface area contributed by atoms with Crippen LogP contribution in [0.4, 0.5) is 0 Å². The molecule has 0 aliphatic rings. The van der Waals surface area contributed by atoms with E-state index in [2.05, 4.69) is 50.0 Å². The summed E-state index contributed by atoms with van der Waals surface area (Å²) in [6.07, 6.45) is 22.6. The van der Waals surface area contributed by atoms with Crippen LogP contribution in [-0.2, 0) is 12.8 Å². The van der Waals surface area contributed by atoms with Gasteiger partial charge < -0.3 is 9.84 Å². The summed E-state index contributed by atoms with van der Waals surface area (Å²) in [5.74, 6) is 0.713. The van der Waals surface area contributed by atoms with E-state index >= 15 is 0 Å². The van der Waals surface area contributed by atoms with E-state index in [1.54, 1.807) is 6.07 Å². The van der Waals surface area contributed by atoms with Crippen LogP contribution in [0.25, 0.3) is 10.9 Å². The monoisotopic (exact) mass is 587 g/mol. The average Bonchev–Trinajstić information content (AvgIpc) is 3.00. The summed E-state index contributed by atoms with van der Waals surface area (Å²) in [5, 5.41) is 10.7. The van der Waals surface area contributed by atoms with E-state index in [0.29, 0.717) is 6.42 Å². The van der Waals surface area contributed by atoms with Crippen molar-refractivity contribution in [1.82, 2.24) is 4.98 Å². The normalized spacial score (nSPS) is 11.4. The fourth-order valence-corrected chi connectivity index (χ4v) is 5.87. The molecular formula is C39H57NO3. The number of aromatic carboxylic acids is 1. The smallest absolute Gasteiger partial charge is 0.354 e. The molecule has 0 aliphatic heterocycles. The predicted molar refractivity (Wildman–Crippen MR) is 182 cm³/mol. The largest absolute Gasteiger partial charge is 0.494 e. The molecule has 0 amide bonds. The van der Waals surface area contributed by atoms with E-state index in [-0.39, 0.29) is 5.69 Å². The van der Waals surface area contributed by atoms with Gasteiger partial charge in [-0.05, 0) is 78.6 Å². The molecule has 4 nitrogen and oxygen atoms in total. The summed E-state index contributed by atoms with van der Waals surface area (Å²) in [7, 11) is 0. The molecule has 1 aromatic heterocycles. The van der Waals surface area contributed by atoms with Crippen LogP contribution in [0.1, 0.15) is 151 Å². The fourth-order valence-electron chi connectivity index (χ4n) is 5.87. The van der Waals surface area contributed by atoms with Gasteiger partial charge in [0.05, 0.1) is 12.1 Å². The molecular weight excluding hydrogens is 530 g/mol. The van der Waals surface area contributed by atoms with E-state index in [1.807, 2.05) is 18.2 Å². The molecule has 0 bridgehead atoms. The van der Waals surface area contributed by atoms with Gasteiger partial charge in [-0.25, -0.2) is 9.78 Å². The summed E-state index contributed by atoms with van der Waals surface area (Å²) in [6, 6.07) is 16.4. The first-order chi connectivity index (χ1) is 21.0. The number of unbranched alkanes of at least 4 members (excludes halogenated alkanes) is 13. The molecule has 0 aliphatic carbocycles. The third kappa shape index (κ3) is 13.5. The summed E-state index contributed by atoms with van der Waals surface area (Å²) in [5.41, 5.74) is 4.31. The van der Waals surface area contributed by atoms with Crippen LogP contribution in [0, 0.1) is 5.92 Å². The van der Waals surface area contributed by atoms with E-state index in [0.717, 1.165) is 53.1 Å². The molecule has 0 saturated carbocycles. The molecule has 0 radical (unpaired) electrons. The number of hydrogen-bond acceptors (Lipinski definition) is 3. The Morgan fingerprint density at radius 3 is 2.00 bits per heavy atom. The van der Waals surface area contributed by atoms with Crippen molar-refractivity contribution in [1.29, 1.82) is 0 Å². The van der Waals surface area contributed by atoms with Gasteiger partial charge in [0.15, 0.2) is 0 Å². The Morgan fingerprint density at radius 2 is 1.35 bits per heavy atom. The summed E-state index contributed by atoms with van der Waals surface area (Å²) < 4.78 is 6.01. The Kier molecular flexibility index (Phi) is 16.2. The van der Waals surface area contributed by atoms with Gasteiger partial charge in [0.1, 0.15) is 11.4 Å². The number of carbonyl (C=O) groups is 1. The Balaban J connectivity index is 1.49. The highest BCUT2D eigenvalue weighted by Crippen LogP contribution is 2.25. The van der Waals surface area contributed by atoms with Gasteiger partial charge in [-0.2, -0.15) is 0 Å². The molecule has 4 heteroatoms. The number of aromatic nitrogens is 1. The lowest BCUT2D eigenvalue weighted by Crippen LogP contribution is -2.04. The Hall–Kier alpha value is -2.88. The minimum absolute atomic E-state index is 0.105. The van der Waals surface area contributed by atoms with Gasteiger partial charge in [-0.1, -0.05) is 129 Å². The third-order valence-electron chi connectivity index (χ3n) is 8.51. The van der Waals surface area contributed by atoms with Crippen LogP contribution < -0.4 is 4.74 Å². The number of carboxylic acids is 1. The predicted octanol–water partition coefficient (Wildman–Crippen LogP) is 11.4. The second-order valence-corrected chi connectivity index (χ2v) is 12.9. The molecule has 3 aromatic rings. The zero-order chi connectivity index (χ0) is 30.7. The van der Waals surface area contributed by atoms with Crippen molar-refractivity contribution in [2.45, 2.75) is 136 Å². The van der Waals surface area contributed by atoms with Crippen molar-refractivity contribution in [2.75, 3.05) is 6.61 Å². The molecule has 43 heavy (non-hydrogen) atoms. The molecule has 0 spiro atoms. The third-order valence-corrected chi connectivity index (χ3v) is 8.51. The summed E-state index contributed by atoms with van der Waals surface area (Å²) in [4.78, 5) is 16.3. The first-order valence-electron chi connectivity index (χ1n) is 17.3. The molecule has 3 rings (SSSR count). The highest BCUT2D eigenvalue weighted by molar-refractivity contribution is 5.92. The SMILES string of the molecule is CCCCCCCCCCCCOc1ccc(Cc2cc(C(=O)O)nc3ccc(CCCCCCCC(C)C)cc23)cc1. The number of ether oxygens (including phenoxy) is 1. The molecule has 0 atom stereocenters.